The zero-order valence-corrected chi connectivity index (χ0v) is 15.2. The van der Waals surface area contributed by atoms with E-state index in [0.29, 0.717) is 28.0 Å². The van der Waals surface area contributed by atoms with Crippen molar-refractivity contribution in [3.8, 4) is 22.8 Å². The number of methoxy groups -OCH3 is 1. The van der Waals surface area contributed by atoms with Crippen LogP contribution in [0.3, 0.4) is 0 Å². The van der Waals surface area contributed by atoms with E-state index in [-0.39, 0.29) is 11.3 Å². The highest BCUT2D eigenvalue weighted by Crippen LogP contribution is 2.36. The molecule has 0 aliphatic carbocycles. The molecule has 27 heavy (non-hydrogen) atoms. The van der Waals surface area contributed by atoms with Crippen LogP contribution in [0.15, 0.2) is 62.2 Å². The molecule has 2 heterocycles. The van der Waals surface area contributed by atoms with Crippen LogP contribution in [0, 0.1) is 0 Å². The van der Waals surface area contributed by atoms with Crippen molar-refractivity contribution in [3.63, 3.8) is 0 Å². The fourth-order valence-corrected chi connectivity index (χ4v) is 3.36. The zero-order chi connectivity index (χ0) is 19.2. The third-order valence-electron chi connectivity index (χ3n) is 3.95. The Kier molecular flexibility index (Phi) is 3.92. The first-order valence-corrected chi connectivity index (χ1v) is 9.70. The fraction of sp³-hybridized carbons (Fsp3) is 0.105. The minimum absolute atomic E-state index is 0.105. The van der Waals surface area contributed by atoms with Crippen LogP contribution in [0.5, 0.6) is 11.5 Å². The molecule has 0 amide bonds. The van der Waals surface area contributed by atoms with E-state index >= 15 is 0 Å². The minimum Gasteiger partial charge on any atom is -0.493 e. The van der Waals surface area contributed by atoms with Gasteiger partial charge in [-0.05, 0) is 30.3 Å². The summed E-state index contributed by atoms with van der Waals surface area (Å²) in [6.45, 7) is 0. The number of ether oxygens (including phenoxy) is 1. The molecule has 8 heteroatoms. The van der Waals surface area contributed by atoms with Gasteiger partial charge in [-0.1, -0.05) is 12.1 Å². The van der Waals surface area contributed by atoms with Crippen LogP contribution in [0.25, 0.3) is 33.3 Å². The molecule has 0 spiro atoms. The van der Waals surface area contributed by atoms with Crippen molar-refractivity contribution in [2.24, 2.45) is 0 Å². The second-order valence-electron chi connectivity index (χ2n) is 5.91. The lowest BCUT2D eigenvalue weighted by molar-refractivity contribution is 0.411. The third-order valence-corrected chi connectivity index (χ3v) is 4.45. The Hall–Kier alpha value is -3.26. The smallest absolute Gasteiger partial charge is 0.336 e. The number of rotatable bonds is 4. The monoisotopic (exact) mass is 386 g/mol. The highest BCUT2D eigenvalue weighted by molar-refractivity contribution is 7.86. The summed E-state index contributed by atoms with van der Waals surface area (Å²) in [6, 6.07) is 12.9. The molecule has 0 bridgehead atoms. The van der Waals surface area contributed by atoms with Gasteiger partial charge in [0.15, 0.2) is 11.3 Å². The quantitative estimate of drug-likeness (QED) is 0.391. The maximum Gasteiger partial charge on any atom is 0.336 e. The highest BCUT2D eigenvalue weighted by atomic mass is 32.2. The van der Waals surface area contributed by atoms with Crippen LogP contribution in [0.1, 0.15) is 0 Å². The number of fused-ring (bicyclic) bond motifs is 2. The second kappa shape index (κ2) is 6.17. The molecule has 0 aliphatic heterocycles. The Bertz CT molecular complexity index is 1330. The molecule has 138 valence electrons. The van der Waals surface area contributed by atoms with Crippen molar-refractivity contribution in [1.82, 2.24) is 0 Å². The van der Waals surface area contributed by atoms with Gasteiger partial charge in [-0.3, -0.25) is 0 Å². The molecule has 0 radical (unpaired) electrons. The normalized spacial score (nSPS) is 11.8. The Morgan fingerprint density at radius 2 is 1.81 bits per heavy atom. The lowest BCUT2D eigenvalue weighted by Crippen LogP contribution is -2.06. The van der Waals surface area contributed by atoms with Crippen LogP contribution in [-0.4, -0.2) is 21.8 Å². The fourth-order valence-electron chi connectivity index (χ4n) is 2.90. The molecule has 0 atom stereocenters. The first-order chi connectivity index (χ1) is 12.8. The van der Waals surface area contributed by atoms with E-state index in [9.17, 15) is 13.2 Å². The third kappa shape index (κ3) is 3.26. The predicted molar refractivity (Wildman–Crippen MR) is 99.7 cm³/mol. The van der Waals surface area contributed by atoms with Gasteiger partial charge in [0.25, 0.3) is 0 Å². The first kappa shape index (κ1) is 17.2. The van der Waals surface area contributed by atoms with Crippen LogP contribution in [0.4, 0.5) is 0 Å². The van der Waals surface area contributed by atoms with Gasteiger partial charge in [0.05, 0.1) is 13.4 Å². The average Bonchev–Trinajstić information content (AvgIpc) is 3.04. The maximum absolute atomic E-state index is 12.0. The summed E-state index contributed by atoms with van der Waals surface area (Å²) in [6.07, 6.45) is 0.953. The molecule has 2 aromatic carbocycles. The Balaban J connectivity index is 1.97. The van der Waals surface area contributed by atoms with Crippen LogP contribution >= 0.6 is 0 Å². The van der Waals surface area contributed by atoms with Crippen molar-refractivity contribution in [1.29, 1.82) is 0 Å². The number of furan rings is 1. The molecule has 4 rings (SSSR count). The van der Waals surface area contributed by atoms with Crippen molar-refractivity contribution in [3.05, 3.63) is 59.0 Å². The van der Waals surface area contributed by atoms with Crippen molar-refractivity contribution < 1.29 is 26.2 Å². The summed E-state index contributed by atoms with van der Waals surface area (Å²) in [7, 11) is -2.15. The van der Waals surface area contributed by atoms with Crippen LogP contribution in [-0.2, 0) is 10.1 Å². The first-order valence-electron chi connectivity index (χ1n) is 7.88. The van der Waals surface area contributed by atoms with Gasteiger partial charge in [-0.2, -0.15) is 8.42 Å². The molecule has 0 saturated carbocycles. The van der Waals surface area contributed by atoms with E-state index in [2.05, 4.69) is 0 Å². The van der Waals surface area contributed by atoms with E-state index in [0.717, 1.165) is 11.6 Å². The molecule has 4 aromatic rings. The van der Waals surface area contributed by atoms with Gasteiger partial charge in [0.2, 0.25) is 0 Å². The van der Waals surface area contributed by atoms with Gasteiger partial charge in [0.1, 0.15) is 17.1 Å². The highest BCUT2D eigenvalue weighted by Gasteiger charge is 2.16. The summed E-state index contributed by atoms with van der Waals surface area (Å²) in [5.74, 6) is 1.09. The molecular formula is C19H14O7S. The van der Waals surface area contributed by atoms with E-state index < -0.39 is 15.7 Å². The molecule has 0 unspecified atom stereocenters. The maximum atomic E-state index is 12.0. The summed E-state index contributed by atoms with van der Waals surface area (Å²) in [4.78, 5) is 12.0. The Morgan fingerprint density at radius 3 is 2.56 bits per heavy atom. The lowest BCUT2D eigenvalue weighted by atomic mass is 10.1. The van der Waals surface area contributed by atoms with Gasteiger partial charge in [-0.25, -0.2) is 4.79 Å². The summed E-state index contributed by atoms with van der Waals surface area (Å²) in [5, 5.41) is 1.28. The topological polar surface area (TPSA) is 96.0 Å². The largest absolute Gasteiger partial charge is 0.493 e. The number of hydrogen-bond acceptors (Lipinski definition) is 7. The number of benzene rings is 2. The summed E-state index contributed by atoms with van der Waals surface area (Å²) < 4.78 is 44.2. The standard InChI is InChI=1S/C19H14O7S/c1-23-16-5-3-4-11-8-17(25-19(11)16)14-10-18(20)24-15-7-6-12(9-13(14)15)26-27(2,21)22/h3-10H,1-2H3. The van der Waals surface area contributed by atoms with E-state index in [1.807, 2.05) is 12.1 Å². The molecule has 0 aliphatic rings. The summed E-state index contributed by atoms with van der Waals surface area (Å²) in [5.41, 5.74) is 0.728. The molecule has 0 N–H and O–H groups in total. The number of para-hydroxylation sites is 1. The predicted octanol–water partition coefficient (Wildman–Crippen LogP) is 3.55. The van der Waals surface area contributed by atoms with Crippen LogP contribution in [0.2, 0.25) is 0 Å². The van der Waals surface area contributed by atoms with Crippen molar-refractivity contribution in [2.75, 3.05) is 13.4 Å². The second-order valence-corrected chi connectivity index (χ2v) is 7.49. The van der Waals surface area contributed by atoms with Gasteiger partial charge < -0.3 is 17.8 Å². The lowest BCUT2D eigenvalue weighted by Gasteiger charge is -2.06. The van der Waals surface area contributed by atoms with Crippen molar-refractivity contribution in [2.45, 2.75) is 0 Å². The Morgan fingerprint density at radius 1 is 1.00 bits per heavy atom. The average molecular weight is 386 g/mol. The van der Waals surface area contributed by atoms with Crippen molar-refractivity contribution >= 4 is 32.1 Å². The minimum atomic E-state index is -3.69. The zero-order valence-electron chi connectivity index (χ0n) is 14.4. The molecular weight excluding hydrogens is 372 g/mol. The van der Waals surface area contributed by atoms with Gasteiger partial charge in [-0.15, -0.1) is 0 Å². The van der Waals surface area contributed by atoms with E-state index in [1.165, 1.54) is 31.4 Å². The van der Waals surface area contributed by atoms with Gasteiger partial charge >= 0.3 is 15.7 Å². The van der Waals surface area contributed by atoms with E-state index in [4.69, 9.17) is 17.8 Å². The summed E-state index contributed by atoms with van der Waals surface area (Å²) >= 11 is 0. The van der Waals surface area contributed by atoms with E-state index in [1.54, 1.807) is 12.1 Å². The number of hydrogen-bond donors (Lipinski definition) is 0. The van der Waals surface area contributed by atoms with Crippen LogP contribution < -0.4 is 14.5 Å². The molecule has 0 saturated heterocycles. The molecule has 7 nitrogen and oxygen atoms in total. The van der Waals surface area contributed by atoms with Gasteiger partial charge in [0, 0.05) is 22.4 Å². The molecule has 2 aromatic heterocycles. The SMILES string of the molecule is COc1cccc2cc(-c3cc(=O)oc4ccc(OS(C)(=O)=O)cc34)oc12. The Labute approximate surface area is 153 Å². The molecule has 0 fully saturated rings.